The van der Waals surface area contributed by atoms with E-state index in [-0.39, 0.29) is 18.0 Å². The largest absolute Gasteiger partial charge is 0.454 e. The van der Waals surface area contributed by atoms with Gasteiger partial charge >= 0.3 is 0 Å². The van der Waals surface area contributed by atoms with Crippen molar-refractivity contribution in [1.29, 1.82) is 0 Å². The second kappa shape index (κ2) is 9.05. The Hall–Kier alpha value is -3.30. The third-order valence-electron chi connectivity index (χ3n) is 4.95. The quantitative estimate of drug-likeness (QED) is 0.405. The van der Waals surface area contributed by atoms with Crippen LogP contribution in [0, 0.1) is 0 Å². The molecule has 1 unspecified atom stereocenters. The smallest absolute Gasteiger partial charge is 0.233 e. The van der Waals surface area contributed by atoms with Gasteiger partial charge < -0.3 is 14.8 Å². The summed E-state index contributed by atoms with van der Waals surface area (Å²) in [7, 11) is 0. The number of ether oxygens (including phenoxy) is 2. The second-order valence-electron chi connectivity index (χ2n) is 7.10. The number of hydrogen-bond donors (Lipinski definition) is 1. The van der Waals surface area contributed by atoms with Gasteiger partial charge in [0.15, 0.2) is 22.5 Å². The number of fused-ring (bicyclic) bond motifs is 1. The summed E-state index contributed by atoms with van der Waals surface area (Å²) in [5.41, 5.74) is 1.77. The van der Waals surface area contributed by atoms with Gasteiger partial charge in [0, 0.05) is 16.1 Å². The lowest BCUT2D eigenvalue weighted by atomic mass is 10.2. The molecule has 4 aromatic rings. The molecule has 1 aliphatic rings. The molecule has 0 aliphatic carbocycles. The van der Waals surface area contributed by atoms with E-state index in [1.54, 1.807) is 11.3 Å². The molecule has 0 radical (unpaired) electrons. The Bertz CT molecular complexity index is 1230. The topological polar surface area (TPSA) is 78.3 Å². The van der Waals surface area contributed by atoms with Gasteiger partial charge in [0.1, 0.15) is 0 Å². The third-order valence-corrected chi connectivity index (χ3v) is 6.87. The van der Waals surface area contributed by atoms with Crippen LogP contribution in [-0.2, 0) is 11.3 Å². The van der Waals surface area contributed by atoms with Gasteiger partial charge in [0.05, 0.1) is 11.8 Å². The van der Waals surface area contributed by atoms with E-state index in [2.05, 4.69) is 15.5 Å². The van der Waals surface area contributed by atoms with Crippen LogP contribution in [0.1, 0.15) is 11.8 Å². The Morgan fingerprint density at radius 3 is 2.78 bits per heavy atom. The van der Waals surface area contributed by atoms with Crippen molar-refractivity contribution in [3.05, 3.63) is 70.9 Å². The highest BCUT2D eigenvalue weighted by Crippen LogP contribution is 2.37. The average molecular weight is 465 g/mol. The van der Waals surface area contributed by atoms with Gasteiger partial charge in [0.2, 0.25) is 12.7 Å². The summed E-state index contributed by atoms with van der Waals surface area (Å²) in [5.74, 6) is 2.02. The summed E-state index contributed by atoms with van der Waals surface area (Å²) in [5, 5.41) is 14.2. The molecule has 2 aromatic carbocycles. The molecule has 1 amide bonds. The molecule has 5 rings (SSSR count). The zero-order valence-electron chi connectivity index (χ0n) is 17.2. The molecule has 162 valence electrons. The molecule has 2 aromatic heterocycles. The minimum absolute atomic E-state index is 0.0457. The highest BCUT2D eigenvalue weighted by Gasteiger charge is 2.23. The Balaban J connectivity index is 1.43. The lowest BCUT2D eigenvalue weighted by Crippen LogP contribution is -2.30. The minimum atomic E-state index is -0.341. The molecule has 0 bridgehead atoms. The van der Waals surface area contributed by atoms with E-state index in [4.69, 9.17) is 9.47 Å². The first-order chi connectivity index (χ1) is 15.7. The molecular formula is C23H20N4O3S2. The molecule has 32 heavy (non-hydrogen) atoms. The normalized spacial score (nSPS) is 13.2. The summed E-state index contributed by atoms with van der Waals surface area (Å²) in [4.78, 5) is 13.8. The van der Waals surface area contributed by atoms with Crippen molar-refractivity contribution in [3.8, 4) is 28.6 Å². The summed E-state index contributed by atoms with van der Waals surface area (Å²) >= 11 is 3.00. The second-order valence-corrected chi connectivity index (χ2v) is 9.44. The maximum atomic E-state index is 12.7. The van der Waals surface area contributed by atoms with E-state index in [0.29, 0.717) is 29.0 Å². The number of amides is 1. The number of rotatable bonds is 7. The number of benzene rings is 2. The summed E-state index contributed by atoms with van der Waals surface area (Å²) in [6, 6.07) is 19.6. The number of hydrogen-bond acceptors (Lipinski definition) is 7. The predicted octanol–water partition coefficient (Wildman–Crippen LogP) is 4.52. The van der Waals surface area contributed by atoms with E-state index in [9.17, 15) is 4.79 Å². The van der Waals surface area contributed by atoms with Crippen LogP contribution in [0.3, 0.4) is 0 Å². The van der Waals surface area contributed by atoms with Gasteiger partial charge in [-0.05, 0) is 48.7 Å². The van der Waals surface area contributed by atoms with E-state index in [1.807, 2.05) is 77.5 Å². The monoisotopic (exact) mass is 464 g/mol. The van der Waals surface area contributed by atoms with Crippen LogP contribution in [0.15, 0.2) is 71.2 Å². The fraction of sp³-hybridized carbons (Fsp3) is 0.174. The average Bonchev–Trinajstić information content (AvgIpc) is 3.58. The van der Waals surface area contributed by atoms with Gasteiger partial charge in [-0.2, -0.15) is 0 Å². The number of nitrogens with zero attached hydrogens (tertiary/aromatic N) is 3. The van der Waals surface area contributed by atoms with Gasteiger partial charge in [0.25, 0.3) is 0 Å². The maximum Gasteiger partial charge on any atom is 0.233 e. The van der Waals surface area contributed by atoms with Crippen LogP contribution >= 0.6 is 23.1 Å². The zero-order valence-corrected chi connectivity index (χ0v) is 18.9. The van der Waals surface area contributed by atoms with Crippen LogP contribution in [0.5, 0.6) is 11.5 Å². The number of carbonyl (C=O) groups is 1. The first kappa shape index (κ1) is 20.6. The van der Waals surface area contributed by atoms with Crippen molar-refractivity contribution in [2.45, 2.75) is 23.9 Å². The van der Waals surface area contributed by atoms with Crippen molar-refractivity contribution in [2.75, 3.05) is 6.79 Å². The Morgan fingerprint density at radius 1 is 1.12 bits per heavy atom. The van der Waals surface area contributed by atoms with Crippen molar-refractivity contribution in [2.24, 2.45) is 0 Å². The van der Waals surface area contributed by atoms with Crippen LogP contribution in [0.4, 0.5) is 0 Å². The molecule has 7 nitrogen and oxygen atoms in total. The van der Waals surface area contributed by atoms with E-state index in [1.165, 1.54) is 11.8 Å². The molecule has 0 saturated heterocycles. The molecule has 1 N–H and O–H groups in total. The van der Waals surface area contributed by atoms with Crippen molar-refractivity contribution in [1.82, 2.24) is 20.1 Å². The number of para-hydroxylation sites is 1. The molecule has 3 heterocycles. The summed E-state index contributed by atoms with van der Waals surface area (Å²) < 4.78 is 12.9. The number of thiophene rings is 1. The first-order valence-electron chi connectivity index (χ1n) is 10.1. The van der Waals surface area contributed by atoms with Gasteiger partial charge in [-0.15, -0.1) is 21.5 Å². The van der Waals surface area contributed by atoms with Crippen LogP contribution < -0.4 is 14.8 Å². The lowest BCUT2D eigenvalue weighted by Gasteiger charge is -2.14. The zero-order chi connectivity index (χ0) is 21.9. The summed E-state index contributed by atoms with van der Waals surface area (Å²) in [6.45, 7) is 2.61. The standard InChI is InChI=1S/C23H20N4O3S2/c1-15(22(28)24-13-18-8-5-11-31-18)32-23-26-25-21(27(23)17-6-3-2-4-7-17)16-9-10-19-20(12-16)30-14-29-19/h2-12,15H,13-14H2,1H3,(H,24,28). The van der Waals surface area contributed by atoms with Crippen LogP contribution in [0.2, 0.25) is 0 Å². The summed E-state index contributed by atoms with van der Waals surface area (Å²) in [6.07, 6.45) is 0. The van der Waals surface area contributed by atoms with E-state index in [0.717, 1.165) is 16.1 Å². The Morgan fingerprint density at radius 2 is 1.97 bits per heavy atom. The van der Waals surface area contributed by atoms with Crippen LogP contribution in [-0.4, -0.2) is 32.7 Å². The van der Waals surface area contributed by atoms with Crippen molar-refractivity contribution >= 4 is 29.0 Å². The SMILES string of the molecule is CC(Sc1nnc(-c2ccc3c(c2)OCO3)n1-c1ccccc1)C(=O)NCc1cccs1. The van der Waals surface area contributed by atoms with Crippen LogP contribution in [0.25, 0.3) is 17.1 Å². The van der Waals surface area contributed by atoms with Gasteiger partial charge in [-0.25, -0.2) is 0 Å². The first-order valence-corrected chi connectivity index (χ1v) is 11.8. The number of aromatic nitrogens is 3. The molecule has 9 heteroatoms. The highest BCUT2D eigenvalue weighted by atomic mass is 32.2. The highest BCUT2D eigenvalue weighted by molar-refractivity contribution is 8.00. The maximum absolute atomic E-state index is 12.7. The number of thioether (sulfide) groups is 1. The molecule has 1 atom stereocenters. The van der Waals surface area contributed by atoms with Crippen molar-refractivity contribution in [3.63, 3.8) is 0 Å². The Kier molecular flexibility index (Phi) is 5.83. The fourth-order valence-corrected chi connectivity index (χ4v) is 4.86. The number of nitrogens with one attached hydrogen (secondary N) is 1. The third kappa shape index (κ3) is 4.21. The van der Waals surface area contributed by atoms with Gasteiger partial charge in [-0.3, -0.25) is 9.36 Å². The number of carbonyl (C=O) groups excluding carboxylic acids is 1. The lowest BCUT2D eigenvalue weighted by molar-refractivity contribution is -0.120. The minimum Gasteiger partial charge on any atom is -0.454 e. The molecule has 1 aliphatic heterocycles. The molecular weight excluding hydrogens is 444 g/mol. The molecule has 0 spiro atoms. The van der Waals surface area contributed by atoms with E-state index < -0.39 is 0 Å². The Labute approximate surface area is 193 Å². The van der Waals surface area contributed by atoms with Gasteiger partial charge in [-0.1, -0.05) is 36.0 Å². The predicted molar refractivity (Wildman–Crippen MR) is 124 cm³/mol. The van der Waals surface area contributed by atoms with E-state index >= 15 is 0 Å². The van der Waals surface area contributed by atoms with Crippen molar-refractivity contribution < 1.29 is 14.3 Å². The molecule has 0 fully saturated rings. The molecule has 0 saturated carbocycles. The fourth-order valence-electron chi connectivity index (χ4n) is 3.32.